The molecule has 1 aliphatic heterocycles. The molecule has 0 spiro atoms. The summed E-state index contributed by atoms with van der Waals surface area (Å²) in [7, 11) is 0. The number of carbonyl (C=O) groups excluding carboxylic acids is 1. The zero-order chi connectivity index (χ0) is 23.0. The van der Waals surface area contributed by atoms with Gasteiger partial charge in [0.05, 0.1) is 12.1 Å². The molecule has 1 heterocycles. The molecule has 1 unspecified atom stereocenters. The average Bonchev–Trinajstić information content (AvgIpc) is 2.89. The van der Waals surface area contributed by atoms with Crippen LogP contribution in [0.1, 0.15) is 58.6 Å². The van der Waals surface area contributed by atoms with Gasteiger partial charge < -0.3 is 9.47 Å². The van der Waals surface area contributed by atoms with Crippen molar-refractivity contribution < 1.29 is 14.3 Å². The molecule has 3 rings (SSSR count). The van der Waals surface area contributed by atoms with Crippen LogP contribution in [0.4, 0.5) is 4.79 Å². The van der Waals surface area contributed by atoms with Crippen LogP contribution in [-0.2, 0) is 15.9 Å². The summed E-state index contributed by atoms with van der Waals surface area (Å²) in [6.07, 6.45) is 0.291. The van der Waals surface area contributed by atoms with Crippen LogP contribution >= 0.6 is 31.9 Å². The van der Waals surface area contributed by atoms with E-state index in [0.717, 1.165) is 20.9 Å². The molecule has 0 N–H and O–H groups in total. The Balaban J connectivity index is 2.04. The Morgan fingerprint density at radius 1 is 1.06 bits per heavy atom. The molecule has 0 radical (unpaired) electrons. The highest BCUT2D eigenvalue weighted by molar-refractivity contribution is 9.10. The first-order valence-corrected chi connectivity index (χ1v) is 12.2. The average molecular weight is 553 g/mol. The van der Waals surface area contributed by atoms with Gasteiger partial charge in [0.25, 0.3) is 0 Å². The zero-order valence-electron chi connectivity index (χ0n) is 19.0. The minimum atomic E-state index is -0.764. The van der Waals surface area contributed by atoms with Crippen molar-refractivity contribution >= 4 is 38.0 Å². The molecule has 1 saturated heterocycles. The molecule has 0 aromatic heterocycles. The number of carbonyl (C=O) groups is 1. The molecule has 1 aliphatic rings. The standard InChI is InChI=1S/C25H31Br2NO3/c1-16-22(28(25(5,6)30-16)23(29)31-24(2,3)4)21(18-9-13-20(27)14-10-18)15-17-7-11-19(26)12-8-17/h7-14,16,21-22H,15H2,1-6H3/t16-,21?,22+/m0/s1. The summed E-state index contributed by atoms with van der Waals surface area (Å²) in [6.45, 7) is 11.6. The van der Waals surface area contributed by atoms with E-state index in [1.54, 1.807) is 4.90 Å². The second-order valence-electron chi connectivity index (χ2n) is 9.60. The molecule has 31 heavy (non-hydrogen) atoms. The molecular formula is C25H31Br2NO3. The van der Waals surface area contributed by atoms with Gasteiger partial charge in [0, 0.05) is 14.9 Å². The molecule has 1 fully saturated rings. The maximum atomic E-state index is 13.3. The van der Waals surface area contributed by atoms with Crippen LogP contribution in [0.5, 0.6) is 0 Å². The molecule has 168 valence electrons. The summed E-state index contributed by atoms with van der Waals surface area (Å²) >= 11 is 7.05. The summed E-state index contributed by atoms with van der Waals surface area (Å²) < 4.78 is 14.2. The highest BCUT2D eigenvalue weighted by Crippen LogP contribution is 2.42. The van der Waals surface area contributed by atoms with Gasteiger partial charge in [-0.05, 0) is 83.4 Å². The number of nitrogens with zero attached hydrogens (tertiary/aromatic N) is 1. The maximum absolute atomic E-state index is 13.3. The van der Waals surface area contributed by atoms with Crippen molar-refractivity contribution in [2.75, 3.05) is 0 Å². The third-order valence-electron chi connectivity index (χ3n) is 5.50. The molecule has 2 aromatic carbocycles. The quantitative estimate of drug-likeness (QED) is 0.399. The Morgan fingerprint density at radius 2 is 1.58 bits per heavy atom. The summed E-state index contributed by atoms with van der Waals surface area (Å²) in [5.41, 5.74) is 1.03. The first-order chi connectivity index (χ1) is 14.4. The summed E-state index contributed by atoms with van der Waals surface area (Å²) in [4.78, 5) is 15.1. The highest BCUT2D eigenvalue weighted by Gasteiger charge is 2.52. The Bertz CT molecular complexity index is 904. The van der Waals surface area contributed by atoms with Crippen molar-refractivity contribution in [3.63, 3.8) is 0 Å². The van der Waals surface area contributed by atoms with E-state index in [9.17, 15) is 4.79 Å². The SMILES string of the molecule is C[C@@H]1OC(C)(C)N(C(=O)OC(C)(C)C)[C@H]1C(Cc1ccc(Br)cc1)c1ccc(Br)cc1. The van der Waals surface area contributed by atoms with Gasteiger partial charge in [-0.25, -0.2) is 4.79 Å². The van der Waals surface area contributed by atoms with Gasteiger partial charge in [0.1, 0.15) is 11.3 Å². The molecule has 2 aromatic rings. The number of hydrogen-bond donors (Lipinski definition) is 0. The maximum Gasteiger partial charge on any atom is 0.412 e. The fourth-order valence-corrected chi connectivity index (χ4v) is 4.86. The fourth-order valence-electron chi connectivity index (χ4n) is 4.33. The van der Waals surface area contributed by atoms with Crippen molar-refractivity contribution in [1.82, 2.24) is 4.90 Å². The van der Waals surface area contributed by atoms with Crippen LogP contribution in [0.15, 0.2) is 57.5 Å². The number of rotatable bonds is 4. The molecule has 6 heteroatoms. The first kappa shape index (κ1) is 24.3. The monoisotopic (exact) mass is 551 g/mol. The normalized spacial score (nSPS) is 21.7. The van der Waals surface area contributed by atoms with Crippen molar-refractivity contribution in [3.05, 3.63) is 68.6 Å². The van der Waals surface area contributed by atoms with Gasteiger partial charge in [-0.1, -0.05) is 56.1 Å². The minimum absolute atomic E-state index is 0.0403. The van der Waals surface area contributed by atoms with Crippen molar-refractivity contribution in [1.29, 1.82) is 0 Å². The van der Waals surface area contributed by atoms with Crippen LogP contribution in [0.2, 0.25) is 0 Å². The van der Waals surface area contributed by atoms with E-state index in [1.165, 1.54) is 5.56 Å². The predicted molar refractivity (Wildman–Crippen MR) is 131 cm³/mol. The Labute approximate surface area is 202 Å². The van der Waals surface area contributed by atoms with Gasteiger partial charge in [0.15, 0.2) is 0 Å². The van der Waals surface area contributed by atoms with E-state index in [0.29, 0.717) is 0 Å². The molecule has 0 saturated carbocycles. The lowest BCUT2D eigenvalue weighted by Crippen LogP contribution is -2.52. The minimum Gasteiger partial charge on any atom is -0.444 e. The second-order valence-corrected chi connectivity index (χ2v) is 11.4. The third kappa shape index (κ3) is 5.91. The summed E-state index contributed by atoms with van der Waals surface area (Å²) in [5, 5.41) is 0. The van der Waals surface area contributed by atoms with Gasteiger partial charge in [-0.3, -0.25) is 4.90 Å². The van der Waals surface area contributed by atoms with Crippen LogP contribution in [-0.4, -0.2) is 34.5 Å². The molecule has 1 amide bonds. The molecule has 4 nitrogen and oxygen atoms in total. The van der Waals surface area contributed by atoms with Gasteiger partial charge in [-0.2, -0.15) is 0 Å². The van der Waals surface area contributed by atoms with Crippen LogP contribution < -0.4 is 0 Å². The van der Waals surface area contributed by atoms with Crippen LogP contribution in [0.25, 0.3) is 0 Å². The van der Waals surface area contributed by atoms with E-state index in [2.05, 4.69) is 68.3 Å². The van der Waals surface area contributed by atoms with Crippen molar-refractivity contribution in [2.24, 2.45) is 0 Å². The Morgan fingerprint density at radius 3 is 2.10 bits per heavy atom. The molecular weight excluding hydrogens is 522 g/mol. The molecule has 0 aliphatic carbocycles. The number of benzene rings is 2. The summed E-state index contributed by atoms with van der Waals surface area (Å²) in [6, 6.07) is 16.5. The lowest BCUT2D eigenvalue weighted by Gasteiger charge is -2.38. The van der Waals surface area contributed by atoms with Crippen LogP contribution in [0, 0.1) is 0 Å². The fraction of sp³-hybridized carbons (Fsp3) is 0.480. The van der Waals surface area contributed by atoms with E-state index < -0.39 is 11.3 Å². The molecule has 0 bridgehead atoms. The van der Waals surface area contributed by atoms with Crippen LogP contribution in [0.3, 0.4) is 0 Å². The lowest BCUT2D eigenvalue weighted by molar-refractivity contribution is -0.0759. The zero-order valence-corrected chi connectivity index (χ0v) is 22.2. The molecule has 3 atom stereocenters. The van der Waals surface area contributed by atoms with E-state index in [4.69, 9.17) is 9.47 Å². The number of ether oxygens (including phenoxy) is 2. The Hall–Kier alpha value is -1.37. The topological polar surface area (TPSA) is 38.8 Å². The number of amides is 1. The smallest absolute Gasteiger partial charge is 0.412 e. The summed E-state index contributed by atoms with van der Waals surface area (Å²) in [5.74, 6) is 0.0403. The first-order valence-electron chi connectivity index (χ1n) is 10.6. The van der Waals surface area contributed by atoms with Crippen molar-refractivity contribution in [3.8, 4) is 0 Å². The second kappa shape index (κ2) is 9.24. The van der Waals surface area contributed by atoms with Gasteiger partial charge in [0.2, 0.25) is 0 Å². The van der Waals surface area contributed by atoms with Gasteiger partial charge >= 0.3 is 6.09 Å². The predicted octanol–water partition coefficient (Wildman–Crippen LogP) is 7.30. The van der Waals surface area contributed by atoms with E-state index >= 15 is 0 Å². The lowest BCUT2D eigenvalue weighted by atomic mass is 9.83. The third-order valence-corrected chi connectivity index (χ3v) is 6.56. The van der Waals surface area contributed by atoms with E-state index in [-0.39, 0.29) is 24.2 Å². The highest BCUT2D eigenvalue weighted by atomic mass is 79.9. The largest absolute Gasteiger partial charge is 0.444 e. The van der Waals surface area contributed by atoms with E-state index in [1.807, 2.05) is 53.7 Å². The Kier molecular flexibility index (Phi) is 7.24. The van der Waals surface area contributed by atoms with Gasteiger partial charge in [-0.15, -0.1) is 0 Å². The van der Waals surface area contributed by atoms with Crippen molar-refractivity contribution in [2.45, 2.75) is 77.4 Å². The number of halogens is 2. The number of hydrogen-bond acceptors (Lipinski definition) is 3.